The lowest BCUT2D eigenvalue weighted by Gasteiger charge is -2.24. The SMILES string of the molecule is O=C(/C=C/c1ccccc1Cl)Nc1nc2n(n1)C(c1ccc(F)cc1)C=C(c1ccc(Cl)cc1)N2. The first-order valence-corrected chi connectivity index (χ1v) is 11.4. The second kappa shape index (κ2) is 9.74. The first-order chi connectivity index (χ1) is 17.0. The van der Waals surface area contributed by atoms with Crippen LogP contribution in [0.2, 0.25) is 10.0 Å². The van der Waals surface area contributed by atoms with Crippen molar-refractivity contribution < 1.29 is 9.18 Å². The fourth-order valence-electron chi connectivity index (χ4n) is 3.67. The molecule has 0 saturated carbocycles. The highest BCUT2D eigenvalue weighted by molar-refractivity contribution is 6.32. The van der Waals surface area contributed by atoms with Crippen molar-refractivity contribution in [2.24, 2.45) is 0 Å². The molecule has 3 aromatic carbocycles. The number of benzene rings is 3. The van der Waals surface area contributed by atoms with Crippen LogP contribution in [0.3, 0.4) is 0 Å². The van der Waals surface area contributed by atoms with Gasteiger partial charge in [-0.25, -0.2) is 9.07 Å². The third-order valence-corrected chi connectivity index (χ3v) is 5.98. The Bertz CT molecular complexity index is 1450. The molecule has 174 valence electrons. The summed E-state index contributed by atoms with van der Waals surface area (Å²) in [6.07, 6.45) is 4.94. The predicted molar refractivity (Wildman–Crippen MR) is 137 cm³/mol. The van der Waals surface area contributed by atoms with Gasteiger partial charge < -0.3 is 5.32 Å². The van der Waals surface area contributed by atoms with E-state index in [4.69, 9.17) is 23.2 Å². The Morgan fingerprint density at radius 2 is 1.77 bits per heavy atom. The van der Waals surface area contributed by atoms with E-state index in [-0.39, 0.29) is 17.8 Å². The summed E-state index contributed by atoms with van der Waals surface area (Å²) >= 11 is 12.2. The van der Waals surface area contributed by atoms with Crippen LogP contribution in [0.25, 0.3) is 11.8 Å². The molecule has 9 heteroatoms. The van der Waals surface area contributed by atoms with Crippen molar-refractivity contribution in [2.45, 2.75) is 6.04 Å². The van der Waals surface area contributed by atoms with Gasteiger partial charge in [0.15, 0.2) is 0 Å². The van der Waals surface area contributed by atoms with E-state index >= 15 is 0 Å². The molecule has 1 aliphatic rings. The Labute approximate surface area is 210 Å². The van der Waals surface area contributed by atoms with Crippen LogP contribution < -0.4 is 10.6 Å². The van der Waals surface area contributed by atoms with Gasteiger partial charge in [0, 0.05) is 21.8 Å². The number of hydrogen-bond donors (Lipinski definition) is 2. The van der Waals surface area contributed by atoms with E-state index in [1.807, 2.05) is 30.3 Å². The Morgan fingerprint density at radius 3 is 2.51 bits per heavy atom. The summed E-state index contributed by atoms with van der Waals surface area (Å²) in [6.45, 7) is 0. The topological polar surface area (TPSA) is 71.8 Å². The summed E-state index contributed by atoms with van der Waals surface area (Å²) in [5.74, 6) is -0.185. The normalized spacial score (nSPS) is 14.8. The van der Waals surface area contributed by atoms with Crippen LogP contribution in [0.15, 0.2) is 84.9 Å². The van der Waals surface area contributed by atoms with Gasteiger partial charge in [-0.1, -0.05) is 65.7 Å². The van der Waals surface area contributed by atoms with Gasteiger partial charge in [0.2, 0.25) is 5.95 Å². The number of halogens is 3. The van der Waals surface area contributed by atoms with E-state index in [0.29, 0.717) is 16.0 Å². The molecule has 5 rings (SSSR count). The Balaban J connectivity index is 1.44. The second-order valence-corrected chi connectivity index (χ2v) is 8.60. The van der Waals surface area contributed by atoms with Gasteiger partial charge in [-0.3, -0.25) is 10.1 Å². The lowest BCUT2D eigenvalue weighted by molar-refractivity contribution is -0.111. The quantitative estimate of drug-likeness (QED) is 0.306. The highest BCUT2D eigenvalue weighted by Crippen LogP contribution is 2.33. The van der Waals surface area contributed by atoms with E-state index in [1.165, 1.54) is 18.2 Å². The van der Waals surface area contributed by atoms with Gasteiger partial charge in [0.05, 0.1) is 0 Å². The van der Waals surface area contributed by atoms with Gasteiger partial charge in [0.1, 0.15) is 11.9 Å². The smallest absolute Gasteiger partial charge is 0.250 e. The predicted octanol–water partition coefficient (Wildman–Crippen LogP) is 6.43. The maximum absolute atomic E-state index is 13.6. The summed E-state index contributed by atoms with van der Waals surface area (Å²) in [6, 6.07) is 20.4. The number of nitrogens with one attached hydrogen (secondary N) is 2. The van der Waals surface area contributed by atoms with Crippen molar-refractivity contribution in [3.05, 3.63) is 118 Å². The number of carbonyl (C=O) groups excluding carboxylic acids is 1. The average Bonchev–Trinajstić information content (AvgIpc) is 3.26. The van der Waals surface area contributed by atoms with Gasteiger partial charge in [0.25, 0.3) is 11.9 Å². The molecule has 0 saturated heterocycles. The van der Waals surface area contributed by atoms with Gasteiger partial charge in [-0.15, -0.1) is 5.10 Å². The summed E-state index contributed by atoms with van der Waals surface area (Å²) < 4.78 is 15.2. The van der Waals surface area contributed by atoms with Gasteiger partial charge >= 0.3 is 0 Å². The van der Waals surface area contributed by atoms with Crippen molar-refractivity contribution in [3.63, 3.8) is 0 Å². The van der Waals surface area contributed by atoms with Crippen molar-refractivity contribution >= 4 is 52.8 Å². The van der Waals surface area contributed by atoms with Crippen LogP contribution in [-0.4, -0.2) is 20.7 Å². The van der Waals surface area contributed by atoms with Crippen molar-refractivity contribution in [1.82, 2.24) is 14.8 Å². The number of carbonyl (C=O) groups is 1. The number of anilines is 2. The van der Waals surface area contributed by atoms with Crippen molar-refractivity contribution in [3.8, 4) is 0 Å². The molecule has 0 radical (unpaired) electrons. The van der Waals surface area contributed by atoms with E-state index < -0.39 is 5.91 Å². The number of allylic oxidation sites excluding steroid dienone is 1. The minimum Gasteiger partial charge on any atom is -0.324 e. The van der Waals surface area contributed by atoms with E-state index in [0.717, 1.165) is 22.4 Å². The molecule has 6 nitrogen and oxygen atoms in total. The molecule has 1 unspecified atom stereocenters. The Hall–Kier alpha value is -3.94. The van der Waals surface area contributed by atoms with Crippen LogP contribution in [0.5, 0.6) is 0 Å². The van der Waals surface area contributed by atoms with E-state index in [2.05, 4.69) is 20.7 Å². The highest BCUT2D eigenvalue weighted by Gasteiger charge is 2.25. The monoisotopic (exact) mass is 505 g/mol. The van der Waals surface area contributed by atoms with E-state index in [9.17, 15) is 9.18 Å². The maximum Gasteiger partial charge on any atom is 0.250 e. The van der Waals surface area contributed by atoms with Gasteiger partial charge in [-0.05, 0) is 59.2 Å². The molecule has 0 spiro atoms. The van der Waals surface area contributed by atoms with Crippen LogP contribution in [0.4, 0.5) is 16.3 Å². The lowest BCUT2D eigenvalue weighted by atomic mass is 10.0. The molecule has 1 aromatic heterocycles. The van der Waals surface area contributed by atoms with Crippen LogP contribution in [0, 0.1) is 5.82 Å². The second-order valence-electron chi connectivity index (χ2n) is 7.76. The van der Waals surface area contributed by atoms with E-state index in [1.54, 1.807) is 47.2 Å². The fourth-order valence-corrected chi connectivity index (χ4v) is 3.99. The standard InChI is InChI=1S/C26H18Cl2FN5O/c27-19-10-5-17(6-11-19)22-15-23(18-7-12-20(29)13-8-18)34-26(30-22)32-25(33-34)31-24(35)14-9-16-3-1-2-4-21(16)28/h1-15,23H,(H2,30,31,32,33,35)/b14-9+. The number of fused-ring (bicyclic) bond motifs is 1. The van der Waals surface area contributed by atoms with Crippen LogP contribution in [-0.2, 0) is 4.79 Å². The van der Waals surface area contributed by atoms with Gasteiger partial charge in [-0.2, -0.15) is 4.98 Å². The molecular weight excluding hydrogens is 488 g/mol. The minimum atomic E-state index is -0.405. The zero-order valence-electron chi connectivity index (χ0n) is 18.1. The summed E-state index contributed by atoms with van der Waals surface area (Å²) in [7, 11) is 0. The summed E-state index contributed by atoms with van der Waals surface area (Å²) in [4.78, 5) is 17.0. The largest absolute Gasteiger partial charge is 0.324 e. The molecule has 35 heavy (non-hydrogen) atoms. The Kier molecular flexibility index (Phi) is 6.35. The number of amides is 1. The van der Waals surface area contributed by atoms with Crippen molar-refractivity contribution in [2.75, 3.05) is 10.6 Å². The number of hydrogen-bond acceptors (Lipinski definition) is 4. The molecule has 0 fully saturated rings. The summed E-state index contributed by atoms with van der Waals surface area (Å²) in [5, 5.41) is 11.6. The molecule has 1 amide bonds. The third kappa shape index (κ3) is 5.11. The number of rotatable bonds is 5. The third-order valence-electron chi connectivity index (χ3n) is 5.39. The number of aromatic nitrogens is 3. The lowest BCUT2D eigenvalue weighted by Crippen LogP contribution is -2.20. The molecule has 2 N–H and O–H groups in total. The highest BCUT2D eigenvalue weighted by atomic mass is 35.5. The van der Waals surface area contributed by atoms with Crippen molar-refractivity contribution in [1.29, 1.82) is 0 Å². The average molecular weight is 506 g/mol. The zero-order chi connectivity index (χ0) is 24.4. The molecule has 2 heterocycles. The first kappa shape index (κ1) is 22.8. The Morgan fingerprint density at radius 1 is 1.03 bits per heavy atom. The molecule has 0 aliphatic carbocycles. The number of nitrogens with zero attached hydrogens (tertiary/aromatic N) is 3. The molecule has 4 aromatic rings. The minimum absolute atomic E-state index is 0.124. The molecule has 1 aliphatic heterocycles. The van der Waals surface area contributed by atoms with Crippen LogP contribution in [0.1, 0.15) is 22.7 Å². The molecule has 1 atom stereocenters. The molecule has 0 bridgehead atoms. The first-order valence-electron chi connectivity index (χ1n) is 10.7. The fraction of sp³-hybridized carbons (Fsp3) is 0.0385. The molecular formula is C26H18Cl2FN5O. The summed E-state index contributed by atoms with van der Waals surface area (Å²) in [5.41, 5.74) is 3.20. The maximum atomic E-state index is 13.6. The zero-order valence-corrected chi connectivity index (χ0v) is 19.6. The van der Waals surface area contributed by atoms with Crippen LogP contribution >= 0.6 is 23.2 Å².